The van der Waals surface area contributed by atoms with Gasteiger partial charge in [-0.25, -0.2) is 4.79 Å². The predicted octanol–water partition coefficient (Wildman–Crippen LogP) is 1.99. The zero-order valence-corrected chi connectivity index (χ0v) is 15.2. The van der Waals surface area contributed by atoms with E-state index in [1.54, 1.807) is 41.0 Å². The number of benzene rings is 1. The lowest BCUT2D eigenvalue weighted by Gasteiger charge is -2.35. The molecule has 0 aromatic heterocycles. The smallest absolute Gasteiger partial charge is 0.409 e. The van der Waals surface area contributed by atoms with E-state index in [0.717, 1.165) is 0 Å². The molecule has 25 heavy (non-hydrogen) atoms. The summed E-state index contributed by atoms with van der Waals surface area (Å²) in [6.07, 6.45) is -0.362. The monoisotopic (exact) mass is 367 g/mol. The number of carbonyl (C=O) groups is 3. The van der Waals surface area contributed by atoms with Crippen LogP contribution in [0.1, 0.15) is 13.8 Å². The summed E-state index contributed by atoms with van der Waals surface area (Å²) in [5.74, 6) is -0.403. The quantitative estimate of drug-likeness (QED) is 0.816. The lowest BCUT2D eigenvalue weighted by Crippen LogP contribution is -2.53. The molecule has 1 aromatic carbocycles. The van der Waals surface area contributed by atoms with E-state index in [1.807, 2.05) is 0 Å². The van der Waals surface area contributed by atoms with Crippen LogP contribution in [0.5, 0.6) is 0 Å². The van der Waals surface area contributed by atoms with Gasteiger partial charge in [-0.05, 0) is 25.1 Å². The molecule has 0 aliphatic carbocycles. The Morgan fingerprint density at radius 2 is 1.80 bits per heavy atom. The zero-order valence-electron chi connectivity index (χ0n) is 14.4. The van der Waals surface area contributed by atoms with E-state index in [0.29, 0.717) is 43.5 Å². The highest BCUT2D eigenvalue weighted by atomic mass is 35.5. The maximum atomic E-state index is 12.5. The number of carbonyl (C=O) groups excluding carboxylic acids is 3. The standard InChI is InChI=1S/C17H22ClN3O4/c1-3-25-17(24)20-9-7-19(8-10-20)16(23)12-21(13(2)22)15-6-4-5-14(18)11-15/h4-6,11H,3,7-10,12H2,1-2H3. The van der Waals surface area contributed by atoms with Gasteiger partial charge in [0, 0.05) is 43.8 Å². The van der Waals surface area contributed by atoms with Crippen LogP contribution in [0.3, 0.4) is 0 Å². The van der Waals surface area contributed by atoms with Crippen molar-refractivity contribution in [2.45, 2.75) is 13.8 Å². The van der Waals surface area contributed by atoms with Gasteiger partial charge in [-0.3, -0.25) is 9.59 Å². The molecule has 1 aliphatic heterocycles. The van der Waals surface area contributed by atoms with Crippen LogP contribution in [-0.4, -0.2) is 67.0 Å². The third-order valence-corrected chi connectivity index (χ3v) is 4.19. The molecule has 0 radical (unpaired) electrons. The first-order valence-electron chi connectivity index (χ1n) is 8.15. The number of hydrogen-bond acceptors (Lipinski definition) is 4. The minimum atomic E-state index is -0.362. The van der Waals surface area contributed by atoms with Crippen molar-refractivity contribution in [1.82, 2.24) is 9.80 Å². The molecule has 8 heteroatoms. The van der Waals surface area contributed by atoms with Crippen molar-refractivity contribution in [3.05, 3.63) is 29.3 Å². The minimum Gasteiger partial charge on any atom is -0.450 e. The molecule has 1 fully saturated rings. The number of amides is 3. The second-order valence-corrected chi connectivity index (χ2v) is 6.09. The molecule has 0 bridgehead atoms. The number of ether oxygens (including phenoxy) is 1. The molecule has 0 unspecified atom stereocenters. The van der Waals surface area contributed by atoms with Crippen molar-refractivity contribution in [2.75, 3.05) is 44.2 Å². The molecule has 0 saturated carbocycles. The normalized spacial score (nSPS) is 14.2. The lowest BCUT2D eigenvalue weighted by molar-refractivity contribution is -0.132. The Morgan fingerprint density at radius 3 is 2.36 bits per heavy atom. The molecule has 1 heterocycles. The zero-order chi connectivity index (χ0) is 18.4. The van der Waals surface area contributed by atoms with E-state index in [9.17, 15) is 14.4 Å². The van der Waals surface area contributed by atoms with Gasteiger partial charge in [0.05, 0.1) is 6.61 Å². The molecule has 0 N–H and O–H groups in total. The first-order valence-corrected chi connectivity index (χ1v) is 8.53. The molecule has 1 aliphatic rings. The molecular weight excluding hydrogens is 346 g/mol. The Labute approximate surface area is 152 Å². The highest BCUT2D eigenvalue weighted by molar-refractivity contribution is 6.30. The Hall–Kier alpha value is -2.28. The first-order chi connectivity index (χ1) is 11.9. The second kappa shape index (κ2) is 8.71. The second-order valence-electron chi connectivity index (χ2n) is 5.65. The number of nitrogens with zero attached hydrogens (tertiary/aromatic N) is 3. The van der Waals surface area contributed by atoms with Crippen molar-refractivity contribution in [3.8, 4) is 0 Å². The van der Waals surface area contributed by atoms with E-state index in [4.69, 9.17) is 16.3 Å². The topological polar surface area (TPSA) is 70.2 Å². The Bertz CT molecular complexity index is 645. The maximum Gasteiger partial charge on any atom is 0.409 e. The molecule has 7 nitrogen and oxygen atoms in total. The fraction of sp³-hybridized carbons (Fsp3) is 0.471. The summed E-state index contributed by atoms with van der Waals surface area (Å²) in [5.41, 5.74) is 0.582. The predicted molar refractivity (Wildman–Crippen MR) is 94.7 cm³/mol. The summed E-state index contributed by atoms with van der Waals surface area (Å²) < 4.78 is 4.96. The van der Waals surface area contributed by atoms with Crippen LogP contribution < -0.4 is 4.90 Å². The minimum absolute atomic E-state index is 0.0604. The van der Waals surface area contributed by atoms with Gasteiger partial charge in [-0.1, -0.05) is 17.7 Å². The third kappa shape index (κ3) is 5.09. The van der Waals surface area contributed by atoms with Crippen LogP contribution in [0.25, 0.3) is 0 Å². The summed E-state index contributed by atoms with van der Waals surface area (Å²) in [7, 11) is 0. The van der Waals surface area contributed by atoms with Crippen molar-refractivity contribution < 1.29 is 19.1 Å². The molecule has 3 amide bonds. The van der Waals surface area contributed by atoms with Gasteiger partial charge in [0.15, 0.2) is 0 Å². The molecular formula is C17H22ClN3O4. The molecule has 1 saturated heterocycles. The molecule has 1 aromatic rings. The average molecular weight is 368 g/mol. The summed E-state index contributed by atoms with van der Waals surface area (Å²) in [5, 5.41) is 0.499. The van der Waals surface area contributed by atoms with Gasteiger partial charge in [-0.2, -0.15) is 0 Å². The van der Waals surface area contributed by atoms with E-state index >= 15 is 0 Å². The Kier molecular flexibility index (Phi) is 6.64. The largest absolute Gasteiger partial charge is 0.450 e. The summed E-state index contributed by atoms with van der Waals surface area (Å²) >= 11 is 5.97. The highest BCUT2D eigenvalue weighted by Gasteiger charge is 2.26. The number of anilines is 1. The third-order valence-electron chi connectivity index (χ3n) is 3.95. The van der Waals surface area contributed by atoms with E-state index in [2.05, 4.69) is 0 Å². The first kappa shape index (κ1) is 19.1. The van der Waals surface area contributed by atoms with Crippen molar-refractivity contribution in [2.24, 2.45) is 0 Å². The Morgan fingerprint density at radius 1 is 1.16 bits per heavy atom. The fourth-order valence-corrected chi connectivity index (χ4v) is 2.80. The fourth-order valence-electron chi connectivity index (χ4n) is 2.62. The summed E-state index contributed by atoms with van der Waals surface area (Å²) in [6, 6.07) is 6.82. The Balaban J connectivity index is 1.96. The maximum absolute atomic E-state index is 12.5. The molecule has 136 valence electrons. The lowest BCUT2D eigenvalue weighted by atomic mass is 10.2. The SMILES string of the molecule is CCOC(=O)N1CCN(C(=O)CN(C(C)=O)c2cccc(Cl)c2)CC1. The van der Waals surface area contributed by atoms with Crippen LogP contribution in [0.4, 0.5) is 10.5 Å². The van der Waals surface area contributed by atoms with Crippen molar-refractivity contribution in [1.29, 1.82) is 0 Å². The molecule has 0 spiro atoms. The van der Waals surface area contributed by atoms with E-state index in [1.165, 1.54) is 11.8 Å². The molecule has 2 rings (SSSR count). The average Bonchev–Trinajstić information content (AvgIpc) is 2.59. The van der Waals surface area contributed by atoms with E-state index in [-0.39, 0.29) is 24.5 Å². The van der Waals surface area contributed by atoms with Crippen LogP contribution in [0, 0.1) is 0 Å². The van der Waals surface area contributed by atoms with Crippen LogP contribution >= 0.6 is 11.6 Å². The van der Waals surface area contributed by atoms with Crippen molar-refractivity contribution in [3.63, 3.8) is 0 Å². The van der Waals surface area contributed by atoms with E-state index < -0.39 is 0 Å². The highest BCUT2D eigenvalue weighted by Crippen LogP contribution is 2.20. The van der Waals surface area contributed by atoms with Gasteiger partial charge in [-0.15, -0.1) is 0 Å². The van der Waals surface area contributed by atoms with Crippen molar-refractivity contribution >= 4 is 35.2 Å². The number of rotatable bonds is 4. The number of halogens is 1. The van der Waals surface area contributed by atoms with Crippen LogP contribution in [-0.2, 0) is 14.3 Å². The number of hydrogen-bond donors (Lipinski definition) is 0. The van der Waals surface area contributed by atoms with Gasteiger partial charge >= 0.3 is 6.09 Å². The van der Waals surface area contributed by atoms with Crippen LogP contribution in [0.15, 0.2) is 24.3 Å². The van der Waals surface area contributed by atoms with Crippen LogP contribution in [0.2, 0.25) is 5.02 Å². The molecule has 0 atom stereocenters. The number of piperazine rings is 1. The van der Waals surface area contributed by atoms with Gasteiger partial charge in [0.25, 0.3) is 0 Å². The van der Waals surface area contributed by atoms with Gasteiger partial charge in [0.2, 0.25) is 11.8 Å². The summed E-state index contributed by atoms with van der Waals surface area (Å²) in [4.78, 5) is 40.8. The summed E-state index contributed by atoms with van der Waals surface area (Å²) in [6.45, 7) is 5.10. The van der Waals surface area contributed by atoms with Gasteiger partial charge in [0.1, 0.15) is 6.54 Å². The van der Waals surface area contributed by atoms with Gasteiger partial charge < -0.3 is 19.4 Å².